The lowest BCUT2D eigenvalue weighted by Gasteiger charge is -2.30. The average Bonchev–Trinajstić information content (AvgIpc) is 2.76. The summed E-state index contributed by atoms with van der Waals surface area (Å²) in [5, 5.41) is 32.9. The van der Waals surface area contributed by atoms with Gasteiger partial charge in [-0.1, -0.05) is 77.9 Å². The van der Waals surface area contributed by atoms with E-state index in [4.69, 9.17) is 4.42 Å². The maximum atomic E-state index is 13.3. The van der Waals surface area contributed by atoms with Crippen molar-refractivity contribution >= 4 is 11.0 Å². The summed E-state index contributed by atoms with van der Waals surface area (Å²) in [7, 11) is 0. The van der Waals surface area contributed by atoms with Crippen LogP contribution in [0.3, 0.4) is 0 Å². The van der Waals surface area contributed by atoms with Gasteiger partial charge in [0.25, 0.3) is 0 Å². The number of rotatable bonds is 3. The lowest BCUT2D eigenvalue weighted by molar-refractivity contribution is 0.422. The van der Waals surface area contributed by atoms with Gasteiger partial charge >= 0.3 is 5.63 Å². The normalized spacial score (nSPS) is 13.2. The van der Waals surface area contributed by atoms with E-state index in [1.54, 1.807) is 48.5 Å². The van der Waals surface area contributed by atoms with Gasteiger partial charge in [0, 0.05) is 5.92 Å². The van der Waals surface area contributed by atoms with Crippen molar-refractivity contribution in [2.45, 2.75) is 58.3 Å². The van der Waals surface area contributed by atoms with Crippen molar-refractivity contribution in [2.24, 2.45) is 0 Å². The van der Waals surface area contributed by atoms with E-state index in [2.05, 4.69) is 0 Å². The maximum absolute atomic E-state index is 13.3. The van der Waals surface area contributed by atoms with E-state index in [0.29, 0.717) is 16.5 Å². The molecular formula is C30H32O5. The number of hydrogen-bond donors (Lipinski definition) is 3. The second kappa shape index (κ2) is 8.49. The molecule has 0 spiro atoms. The van der Waals surface area contributed by atoms with E-state index < -0.39 is 11.5 Å². The zero-order valence-corrected chi connectivity index (χ0v) is 21.0. The van der Waals surface area contributed by atoms with Crippen molar-refractivity contribution in [1.29, 1.82) is 0 Å². The van der Waals surface area contributed by atoms with Crippen LogP contribution in [0.5, 0.6) is 17.2 Å². The molecule has 0 aliphatic rings. The summed E-state index contributed by atoms with van der Waals surface area (Å²) >= 11 is 0. The van der Waals surface area contributed by atoms with Gasteiger partial charge in [-0.25, -0.2) is 4.79 Å². The van der Waals surface area contributed by atoms with Gasteiger partial charge in [-0.3, -0.25) is 0 Å². The quantitative estimate of drug-likeness (QED) is 0.289. The molecule has 0 fully saturated rings. The van der Waals surface area contributed by atoms with Gasteiger partial charge in [-0.15, -0.1) is 0 Å². The molecule has 1 unspecified atom stereocenters. The summed E-state index contributed by atoms with van der Waals surface area (Å²) in [6, 6.07) is 17.2. The Morgan fingerprint density at radius 2 is 1.26 bits per heavy atom. The number of phenolic OH excluding ortho intramolecular Hbond substituents is 2. The van der Waals surface area contributed by atoms with Crippen molar-refractivity contribution < 1.29 is 19.7 Å². The molecule has 35 heavy (non-hydrogen) atoms. The number of aromatic hydroxyl groups is 3. The number of para-hydroxylation sites is 1. The molecule has 0 radical (unpaired) electrons. The van der Waals surface area contributed by atoms with Crippen molar-refractivity contribution in [3.05, 3.63) is 98.9 Å². The van der Waals surface area contributed by atoms with Crippen LogP contribution in [0.25, 0.3) is 11.0 Å². The van der Waals surface area contributed by atoms with E-state index in [9.17, 15) is 20.1 Å². The molecule has 0 aliphatic heterocycles. The molecule has 0 saturated heterocycles. The molecule has 0 aliphatic carbocycles. The van der Waals surface area contributed by atoms with Crippen LogP contribution in [0.1, 0.15) is 75.3 Å². The van der Waals surface area contributed by atoms with Gasteiger partial charge in [0.05, 0.1) is 10.9 Å². The van der Waals surface area contributed by atoms with Gasteiger partial charge < -0.3 is 19.7 Å². The third-order valence-electron chi connectivity index (χ3n) is 6.42. The van der Waals surface area contributed by atoms with Crippen LogP contribution in [0.2, 0.25) is 0 Å². The number of benzene rings is 3. The van der Waals surface area contributed by atoms with Gasteiger partial charge in [0.2, 0.25) is 0 Å². The fourth-order valence-electron chi connectivity index (χ4n) is 4.56. The maximum Gasteiger partial charge on any atom is 0.344 e. The van der Waals surface area contributed by atoms with Gasteiger partial charge in [-0.2, -0.15) is 0 Å². The molecule has 0 saturated carbocycles. The van der Waals surface area contributed by atoms with Crippen LogP contribution >= 0.6 is 0 Å². The van der Waals surface area contributed by atoms with Gasteiger partial charge in [0.1, 0.15) is 22.8 Å². The first kappa shape index (κ1) is 24.4. The van der Waals surface area contributed by atoms with Crippen molar-refractivity contribution in [1.82, 2.24) is 0 Å². The van der Waals surface area contributed by atoms with Crippen molar-refractivity contribution in [3.63, 3.8) is 0 Å². The first-order valence-corrected chi connectivity index (χ1v) is 11.7. The number of fused-ring (bicyclic) bond motifs is 1. The summed E-state index contributed by atoms with van der Waals surface area (Å²) in [6.45, 7) is 12.1. The highest BCUT2D eigenvalue weighted by Gasteiger charge is 2.32. The van der Waals surface area contributed by atoms with Gasteiger partial charge in [-0.05, 0) is 57.3 Å². The minimum absolute atomic E-state index is 0.0961. The molecule has 5 heteroatoms. The molecule has 3 N–H and O–H groups in total. The van der Waals surface area contributed by atoms with E-state index in [-0.39, 0.29) is 33.6 Å². The van der Waals surface area contributed by atoms with Gasteiger partial charge in [0.15, 0.2) is 0 Å². The Morgan fingerprint density at radius 1 is 0.714 bits per heavy atom. The Labute approximate surface area is 205 Å². The molecule has 1 heterocycles. The molecule has 4 rings (SSSR count). The number of hydrogen-bond acceptors (Lipinski definition) is 5. The highest BCUT2D eigenvalue weighted by Crippen LogP contribution is 2.45. The molecule has 5 nitrogen and oxygen atoms in total. The first-order chi connectivity index (χ1) is 16.3. The Hall–Kier alpha value is -3.73. The SMILES string of the molecule is CC(C)(C)c1cc(C(c2ccc(O)cc2)c2c(O)c3ccccc3oc2=O)cc(C(C)(C)C)c1O. The number of phenols is 2. The van der Waals surface area contributed by atoms with E-state index >= 15 is 0 Å². The topological polar surface area (TPSA) is 90.9 Å². The van der Waals surface area contributed by atoms with Crippen LogP contribution in [-0.2, 0) is 10.8 Å². The van der Waals surface area contributed by atoms with Crippen LogP contribution in [0, 0.1) is 0 Å². The average molecular weight is 473 g/mol. The fourth-order valence-corrected chi connectivity index (χ4v) is 4.56. The highest BCUT2D eigenvalue weighted by molar-refractivity contribution is 5.84. The molecule has 1 atom stereocenters. The van der Waals surface area contributed by atoms with E-state index in [0.717, 1.165) is 16.7 Å². The predicted octanol–water partition coefficient (Wildman–Crippen LogP) is 6.69. The smallest absolute Gasteiger partial charge is 0.344 e. The Balaban J connectivity index is 2.12. The Kier molecular flexibility index (Phi) is 5.92. The molecule has 0 amide bonds. The van der Waals surface area contributed by atoms with Crippen molar-refractivity contribution in [3.8, 4) is 17.2 Å². The predicted molar refractivity (Wildman–Crippen MR) is 139 cm³/mol. The summed E-state index contributed by atoms with van der Waals surface area (Å²) in [4.78, 5) is 13.3. The summed E-state index contributed by atoms with van der Waals surface area (Å²) in [6.07, 6.45) is 0. The standard InChI is InChI=1S/C30H32O5/c1-29(2,3)21-15-18(16-22(27(21)33)30(4,5)6)24(17-11-13-19(31)14-12-17)25-26(32)20-9-7-8-10-23(20)35-28(25)34/h7-16,24,31-33H,1-6H3. The largest absolute Gasteiger partial charge is 0.508 e. The summed E-state index contributed by atoms with van der Waals surface area (Å²) < 4.78 is 5.63. The monoisotopic (exact) mass is 472 g/mol. The van der Waals surface area contributed by atoms with E-state index in [1.165, 1.54) is 0 Å². The van der Waals surface area contributed by atoms with Crippen molar-refractivity contribution in [2.75, 3.05) is 0 Å². The minimum Gasteiger partial charge on any atom is -0.508 e. The third kappa shape index (κ3) is 4.51. The van der Waals surface area contributed by atoms with Crippen LogP contribution in [0.4, 0.5) is 0 Å². The van der Waals surface area contributed by atoms with E-state index in [1.807, 2.05) is 53.7 Å². The minimum atomic E-state index is -0.695. The van der Waals surface area contributed by atoms with Crippen LogP contribution in [0.15, 0.2) is 69.9 Å². The fraction of sp³-hybridized carbons (Fsp3) is 0.300. The lowest BCUT2D eigenvalue weighted by atomic mass is 9.75. The summed E-state index contributed by atoms with van der Waals surface area (Å²) in [5.74, 6) is -0.511. The Morgan fingerprint density at radius 3 is 1.80 bits per heavy atom. The third-order valence-corrected chi connectivity index (χ3v) is 6.42. The zero-order chi connectivity index (χ0) is 25.7. The molecule has 0 bridgehead atoms. The highest BCUT2D eigenvalue weighted by atomic mass is 16.4. The molecule has 1 aromatic heterocycles. The molecule has 4 aromatic rings. The second-order valence-electron chi connectivity index (χ2n) is 11.1. The summed E-state index contributed by atoms with van der Waals surface area (Å²) in [5.41, 5.74) is 1.95. The zero-order valence-electron chi connectivity index (χ0n) is 21.0. The molecule has 3 aromatic carbocycles. The second-order valence-corrected chi connectivity index (χ2v) is 11.1. The van der Waals surface area contributed by atoms with Crippen LogP contribution < -0.4 is 5.63 Å². The molecule has 182 valence electrons. The molecular weight excluding hydrogens is 440 g/mol. The van der Waals surface area contributed by atoms with Crippen LogP contribution in [-0.4, -0.2) is 15.3 Å². The lowest BCUT2D eigenvalue weighted by Crippen LogP contribution is -2.20. The Bertz CT molecular complexity index is 1410. The first-order valence-electron chi connectivity index (χ1n) is 11.7.